The average Bonchev–Trinajstić information content (AvgIpc) is 1.35. The maximum atomic E-state index is 5.14. The fourth-order valence-electron chi connectivity index (χ4n) is 0. The molecule has 0 aliphatic heterocycles. The van der Waals surface area contributed by atoms with Gasteiger partial charge in [0.15, 0.2) is 7.83 Å². The lowest BCUT2D eigenvalue weighted by Gasteiger charge is -2.10. The molecule has 0 amide bonds. The molecule has 0 saturated carbocycles. The lowest BCUT2D eigenvalue weighted by molar-refractivity contribution is 0.422. The molecule has 0 aromatic heterocycles. The van der Waals surface area contributed by atoms with Gasteiger partial charge in [-0.15, -0.1) is 0 Å². The zero-order chi connectivity index (χ0) is 5.21. The van der Waals surface area contributed by atoms with Gasteiger partial charge in [0, 0.05) is 16.9 Å². The van der Waals surface area contributed by atoms with Crippen LogP contribution in [0.15, 0.2) is 0 Å². The second kappa shape index (κ2) is 1.90. The second-order valence-corrected chi connectivity index (χ2v) is 14.2. The maximum Gasteiger partial charge on any atom is 0.162 e. The summed E-state index contributed by atoms with van der Waals surface area (Å²) in [5.41, 5.74) is 0. The first-order valence-corrected chi connectivity index (χ1v) is 8.52. The summed E-state index contributed by atoms with van der Waals surface area (Å²) in [5.74, 6) is 0. The summed E-state index contributed by atoms with van der Waals surface area (Å²) in [7, 11) is 2.06. The molecule has 0 aromatic carbocycles. The molecular formula is C3H12OSi2. The van der Waals surface area contributed by atoms with E-state index in [4.69, 9.17) is 4.43 Å². The Labute approximate surface area is 43.0 Å². The van der Waals surface area contributed by atoms with Crippen LogP contribution >= 0.6 is 0 Å². The van der Waals surface area contributed by atoms with E-state index in [0.29, 0.717) is 0 Å². The molecule has 0 unspecified atom stereocenters. The molecule has 0 heterocycles. The summed E-state index contributed by atoms with van der Waals surface area (Å²) in [6.45, 7) is 4.44. The predicted octanol–water partition coefficient (Wildman–Crippen LogP) is -0.300. The summed E-state index contributed by atoms with van der Waals surface area (Å²) < 4.78 is 5.14. The van der Waals surface area contributed by atoms with E-state index < -0.39 is 7.83 Å². The normalized spacial score (nSPS) is 12.5. The van der Waals surface area contributed by atoms with Crippen molar-refractivity contribution in [1.82, 2.24) is 0 Å². The van der Waals surface area contributed by atoms with Gasteiger partial charge in [0.25, 0.3) is 0 Å². The molecule has 0 radical (unpaired) electrons. The van der Waals surface area contributed by atoms with E-state index in [9.17, 15) is 0 Å². The van der Waals surface area contributed by atoms with E-state index >= 15 is 0 Å². The zero-order valence-electron chi connectivity index (χ0n) is 4.91. The molecule has 0 N–H and O–H groups in total. The Morgan fingerprint density at radius 1 is 1.50 bits per heavy atom. The molecule has 0 saturated heterocycles. The van der Waals surface area contributed by atoms with Gasteiger partial charge in [-0.1, -0.05) is 0 Å². The van der Waals surface area contributed by atoms with E-state index in [1.807, 2.05) is 0 Å². The number of hydrogen-bond donors (Lipinski definition) is 0. The topological polar surface area (TPSA) is 9.23 Å². The van der Waals surface area contributed by atoms with Gasteiger partial charge in [-0.3, -0.25) is 0 Å². The molecule has 0 aliphatic rings. The van der Waals surface area contributed by atoms with Gasteiger partial charge in [0.2, 0.25) is 0 Å². The van der Waals surface area contributed by atoms with Gasteiger partial charge >= 0.3 is 0 Å². The van der Waals surface area contributed by atoms with Crippen LogP contribution in [0, 0.1) is 0 Å². The third-order valence-electron chi connectivity index (χ3n) is 0.612. The van der Waals surface area contributed by atoms with Crippen molar-refractivity contribution in [2.45, 2.75) is 13.1 Å². The highest BCUT2D eigenvalue weighted by molar-refractivity contribution is 7.11. The molecule has 3 heteroatoms. The molecule has 0 spiro atoms. The first-order chi connectivity index (χ1) is 2.56. The predicted molar refractivity (Wildman–Crippen MR) is 34.4 cm³/mol. The van der Waals surface area contributed by atoms with Crippen molar-refractivity contribution in [2.75, 3.05) is 7.11 Å². The highest BCUT2D eigenvalue weighted by atomic mass is 29.2. The third kappa shape index (κ3) is 4.39. The van der Waals surface area contributed by atoms with Crippen LogP contribution in [0.1, 0.15) is 0 Å². The lowest BCUT2D eigenvalue weighted by Crippen LogP contribution is -2.28. The molecule has 6 heavy (non-hydrogen) atoms. The number of rotatable bonds is 1. The summed E-state index contributed by atoms with van der Waals surface area (Å²) in [4.78, 5) is 0. The molecule has 0 atom stereocenters. The van der Waals surface area contributed by atoms with E-state index in [1.165, 1.54) is 9.76 Å². The molecule has 0 fully saturated rings. The van der Waals surface area contributed by atoms with Crippen molar-refractivity contribution in [1.29, 1.82) is 0 Å². The maximum absolute atomic E-state index is 5.14. The smallest absolute Gasteiger partial charge is 0.162 e. The Balaban J connectivity index is 3.17. The van der Waals surface area contributed by atoms with Crippen LogP contribution in [0.3, 0.4) is 0 Å². The van der Waals surface area contributed by atoms with Crippen LogP contribution in [0.4, 0.5) is 0 Å². The Hall–Kier alpha value is 0.394. The van der Waals surface area contributed by atoms with Crippen molar-refractivity contribution < 1.29 is 4.43 Å². The Morgan fingerprint density at radius 2 is 1.67 bits per heavy atom. The van der Waals surface area contributed by atoms with Crippen LogP contribution in [-0.2, 0) is 4.43 Å². The van der Waals surface area contributed by atoms with Gasteiger partial charge in [0.1, 0.15) is 0 Å². The van der Waals surface area contributed by atoms with Gasteiger partial charge in [0.05, 0.1) is 0 Å². The first kappa shape index (κ1) is 6.39. The van der Waals surface area contributed by atoms with Gasteiger partial charge in [-0.2, -0.15) is 0 Å². The van der Waals surface area contributed by atoms with Crippen LogP contribution in [0.25, 0.3) is 0 Å². The van der Waals surface area contributed by atoms with Crippen LogP contribution in [-0.4, -0.2) is 24.7 Å². The summed E-state index contributed by atoms with van der Waals surface area (Å²) in [5, 5.41) is 0. The van der Waals surface area contributed by atoms with Gasteiger partial charge < -0.3 is 4.43 Å². The zero-order valence-corrected chi connectivity index (χ0v) is 7.91. The minimum absolute atomic E-state index is 0.992. The van der Waals surface area contributed by atoms with Gasteiger partial charge in [-0.25, -0.2) is 0 Å². The minimum atomic E-state index is -0.992. The molecule has 38 valence electrons. The quantitative estimate of drug-likeness (QED) is 0.432. The highest BCUT2D eigenvalue weighted by Gasteiger charge is 2.08. The summed E-state index contributed by atoms with van der Waals surface area (Å²) >= 11 is 0. The molecule has 1 nitrogen and oxygen atoms in total. The SMILES string of the molecule is CO[Si](C)(C)[SiH3]. The highest BCUT2D eigenvalue weighted by Crippen LogP contribution is 1.91. The molecule has 0 aliphatic carbocycles. The minimum Gasteiger partial charge on any atom is -0.424 e. The lowest BCUT2D eigenvalue weighted by atomic mass is 11.8. The van der Waals surface area contributed by atoms with Crippen LogP contribution in [0.5, 0.6) is 0 Å². The monoisotopic (exact) mass is 120 g/mol. The average molecular weight is 120 g/mol. The van der Waals surface area contributed by atoms with Crippen LogP contribution in [0.2, 0.25) is 13.1 Å². The van der Waals surface area contributed by atoms with Crippen molar-refractivity contribution in [3.05, 3.63) is 0 Å². The van der Waals surface area contributed by atoms with E-state index in [-0.39, 0.29) is 0 Å². The summed E-state index contributed by atoms with van der Waals surface area (Å²) in [6, 6.07) is 0. The molecule has 0 rings (SSSR count). The Morgan fingerprint density at radius 3 is 1.67 bits per heavy atom. The summed E-state index contributed by atoms with van der Waals surface area (Å²) in [6.07, 6.45) is 0. The Bertz CT molecular complexity index is 38.5. The Kier molecular flexibility index (Phi) is 2.03. The van der Waals surface area contributed by atoms with Crippen molar-refractivity contribution in [3.8, 4) is 0 Å². The molecule has 0 aromatic rings. The largest absolute Gasteiger partial charge is 0.424 e. The van der Waals surface area contributed by atoms with E-state index in [2.05, 4.69) is 13.1 Å². The molecule has 0 bridgehead atoms. The van der Waals surface area contributed by atoms with Crippen molar-refractivity contribution in [3.63, 3.8) is 0 Å². The van der Waals surface area contributed by atoms with Gasteiger partial charge in [-0.05, 0) is 13.1 Å². The van der Waals surface area contributed by atoms with E-state index in [1.54, 1.807) is 7.11 Å². The molecular weight excluding hydrogens is 108 g/mol. The fourth-order valence-corrected chi connectivity index (χ4v) is 0. The van der Waals surface area contributed by atoms with E-state index in [0.717, 1.165) is 0 Å². The second-order valence-electron chi connectivity index (χ2n) is 2.32. The van der Waals surface area contributed by atoms with Crippen molar-refractivity contribution in [2.24, 2.45) is 0 Å². The van der Waals surface area contributed by atoms with Crippen molar-refractivity contribution >= 4 is 17.6 Å². The fraction of sp³-hybridized carbons (Fsp3) is 1.00. The number of hydrogen-bond acceptors (Lipinski definition) is 1. The van der Waals surface area contributed by atoms with Crippen LogP contribution < -0.4 is 0 Å². The first-order valence-electron chi connectivity index (χ1n) is 2.11. The third-order valence-corrected chi connectivity index (χ3v) is 3.06. The standard InChI is InChI=1S/C3H12OSi2/c1-4-6(2,3)5/h1-3,5H3.